The number of aliphatic imine (C=N–C) groups is 1. The van der Waals surface area contributed by atoms with Gasteiger partial charge in [-0.15, -0.1) is 0 Å². The summed E-state index contributed by atoms with van der Waals surface area (Å²) < 4.78 is 17.6. The van der Waals surface area contributed by atoms with E-state index in [4.69, 9.17) is 31.2 Å². The minimum atomic E-state index is -0.492. The van der Waals surface area contributed by atoms with Gasteiger partial charge in [-0.05, 0) is 78.4 Å². The number of halogens is 1. The molecular formula is C29H33ClN4O4S. The average Bonchev–Trinajstić information content (AvgIpc) is 3.28. The van der Waals surface area contributed by atoms with Gasteiger partial charge in [0.05, 0.1) is 17.2 Å². The van der Waals surface area contributed by atoms with Crippen molar-refractivity contribution in [1.29, 1.82) is 5.41 Å². The normalized spacial score (nSPS) is 16.3. The van der Waals surface area contributed by atoms with Crippen molar-refractivity contribution < 1.29 is 19.0 Å². The first kappa shape index (κ1) is 28.7. The molecule has 1 amide bonds. The van der Waals surface area contributed by atoms with Crippen LogP contribution in [0.5, 0.6) is 17.2 Å². The van der Waals surface area contributed by atoms with Gasteiger partial charge in [0.1, 0.15) is 24.0 Å². The topological polar surface area (TPSA) is 96.6 Å². The first-order valence-corrected chi connectivity index (χ1v) is 14.1. The standard InChI is InChI=1S/C29H33ClN4O4S/c1-6-8-24-33-34-26(31)21(27(35)32-28(34)39-24)15-18-16-22(30)25(23(17-18)36-7-2)38-14-13-37-20-11-9-19(10-12-20)29(3,4)5/h9-12,15-17,31H,6-8,13-14H2,1-5H3/b21-15-,31-26?. The van der Waals surface area contributed by atoms with Crippen LogP contribution < -0.4 is 14.2 Å². The van der Waals surface area contributed by atoms with E-state index in [1.807, 2.05) is 19.1 Å². The lowest BCUT2D eigenvalue weighted by molar-refractivity contribution is -0.114. The number of ether oxygens (including phenoxy) is 3. The van der Waals surface area contributed by atoms with Crippen LogP contribution in [0.3, 0.4) is 0 Å². The van der Waals surface area contributed by atoms with Crippen LogP contribution in [-0.4, -0.2) is 46.8 Å². The third-order valence-corrected chi connectivity index (χ3v) is 7.17. The Bertz CT molecular complexity index is 1350. The molecule has 0 aromatic heterocycles. The fraction of sp³-hybridized carbons (Fsp3) is 0.379. The van der Waals surface area contributed by atoms with Crippen LogP contribution in [0.4, 0.5) is 0 Å². The summed E-state index contributed by atoms with van der Waals surface area (Å²) >= 11 is 7.91. The van der Waals surface area contributed by atoms with Crippen molar-refractivity contribution in [3.8, 4) is 17.2 Å². The maximum absolute atomic E-state index is 12.7. The number of thioether (sulfide) groups is 1. The Morgan fingerprint density at radius 1 is 1.08 bits per heavy atom. The van der Waals surface area contributed by atoms with E-state index >= 15 is 0 Å². The number of amides is 1. The van der Waals surface area contributed by atoms with Crippen LogP contribution in [0.25, 0.3) is 6.08 Å². The van der Waals surface area contributed by atoms with Gasteiger partial charge in [0.2, 0.25) is 5.17 Å². The number of amidine groups is 2. The number of nitrogens with zero attached hydrogens (tertiary/aromatic N) is 3. The predicted octanol–water partition coefficient (Wildman–Crippen LogP) is 6.91. The van der Waals surface area contributed by atoms with Gasteiger partial charge in [0.15, 0.2) is 17.3 Å². The number of hydrogen-bond donors (Lipinski definition) is 1. The van der Waals surface area contributed by atoms with Crippen LogP contribution in [-0.2, 0) is 10.2 Å². The monoisotopic (exact) mass is 568 g/mol. The first-order chi connectivity index (χ1) is 18.6. The second-order valence-corrected chi connectivity index (χ2v) is 11.4. The predicted molar refractivity (Wildman–Crippen MR) is 159 cm³/mol. The lowest BCUT2D eigenvalue weighted by atomic mass is 9.87. The highest BCUT2D eigenvalue weighted by Crippen LogP contribution is 2.38. The number of hydrazone groups is 1. The molecule has 2 aromatic rings. The summed E-state index contributed by atoms with van der Waals surface area (Å²) in [6.07, 6.45) is 3.26. The molecule has 8 nitrogen and oxygen atoms in total. The SMILES string of the molecule is CCCC1=NN2C(=N)/C(=C/c3cc(Cl)c(OCCOc4ccc(C(C)(C)C)cc4)c(OCC)c3)C(=O)N=C2S1. The summed E-state index contributed by atoms with van der Waals surface area (Å²) in [5.41, 5.74) is 2.03. The van der Waals surface area contributed by atoms with Crippen molar-refractivity contribution in [2.75, 3.05) is 19.8 Å². The molecule has 0 saturated carbocycles. The third kappa shape index (κ3) is 6.83. The molecule has 0 radical (unpaired) electrons. The van der Waals surface area contributed by atoms with Gasteiger partial charge >= 0.3 is 0 Å². The lowest BCUT2D eigenvalue weighted by Crippen LogP contribution is -2.35. The molecule has 39 heavy (non-hydrogen) atoms. The van der Waals surface area contributed by atoms with Crippen LogP contribution in [0, 0.1) is 5.41 Å². The number of nitrogens with one attached hydrogen (secondary N) is 1. The summed E-state index contributed by atoms with van der Waals surface area (Å²) in [7, 11) is 0. The van der Waals surface area contributed by atoms with Gasteiger partial charge in [0.25, 0.3) is 5.91 Å². The van der Waals surface area contributed by atoms with Gasteiger partial charge in [0, 0.05) is 0 Å². The first-order valence-electron chi connectivity index (χ1n) is 12.9. The average molecular weight is 569 g/mol. The minimum absolute atomic E-state index is 0.0225. The van der Waals surface area contributed by atoms with Gasteiger partial charge in [-0.3, -0.25) is 10.2 Å². The van der Waals surface area contributed by atoms with Crippen LogP contribution in [0.2, 0.25) is 5.02 Å². The Morgan fingerprint density at radius 3 is 2.46 bits per heavy atom. The Balaban J connectivity index is 1.46. The molecule has 4 rings (SSSR count). The molecule has 2 aromatic carbocycles. The molecule has 1 N–H and O–H groups in total. The van der Waals surface area contributed by atoms with Crippen molar-refractivity contribution in [3.05, 3.63) is 58.1 Å². The Kier molecular flexibility index (Phi) is 9.02. The molecule has 2 aliphatic heterocycles. The fourth-order valence-electron chi connectivity index (χ4n) is 3.94. The van der Waals surface area contributed by atoms with Gasteiger partial charge < -0.3 is 14.2 Å². The molecule has 0 fully saturated rings. The second-order valence-electron chi connectivity index (χ2n) is 10.00. The maximum atomic E-state index is 12.7. The van der Waals surface area contributed by atoms with E-state index in [0.29, 0.717) is 40.5 Å². The largest absolute Gasteiger partial charge is 0.490 e. The molecule has 0 saturated heterocycles. The third-order valence-electron chi connectivity index (χ3n) is 5.92. The number of hydrogen-bond acceptors (Lipinski definition) is 7. The van der Waals surface area contributed by atoms with E-state index in [-0.39, 0.29) is 23.4 Å². The molecular weight excluding hydrogens is 536 g/mol. The summed E-state index contributed by atoms with van der Waals surface area (Å²) in [5, 5.41) is 16.0. The highest BCUT2D eigenvalue weighted by molar-refractivity contribution is 8.26. The molecule has 206 valence electrons. The van der Waals surface area contributed by atoms with Gasteiger partial charge in [-0.25, -0.2) is 0 Å². The zero-order valence-electron chi connectivity index (χ0n) is 22.8. The molecule has 0 atom stereocenters. The second kappa shape index (κ2) is 12.3. The molecule has 0 spiro atoms. The number of fused-ring (bicyclic) bond motifs is 1. The lowest BCUT2D eigenvalue weighted by Gasteiger charge is -2.20. The summed E-state index contributed by atoms with van der Waals surface area (Å²) in [6.45, 7) is 11.4. The van der Waals surface area contributed by atoms with E-state index in [1.165, 1.54) is 22.3 Å². The number of carbonyl (C=O) groups is 1. The Morgan fingerprint density at radius 2 is 1.79 bits per heavy atom. The molecule has 0 bridgehead atoms. The Hall–Kier alpha value is -3.30. The smallest absolute Gasteiger partial charge is 0.283 e. The summed E-state index contributed by atoms with van der Waals surface area (Å²) in [5.74, 6) is 1.07. The quantitative estimate of drug-likeness (QED) is 0.247. The van der Waals surface area contributed by atoms with Crippen molar-refractivity contribution in [2.24, 2.45) is 10.1 Å². The van der Waals surface area contributed by atoms with E-state index < -0.39 is 5.91 Å². The highest BCUT2D eigenvalue weighted by atomic mass is 35.5. The van der Waals surface area contributed by atoms with E-state index in [9.17, 15) is 4.79 Å². The number of benzene rings is 2. The molecule has 2 aliphatic rings. The summed E-state index contributed by atoms with van der Waals surface area (Å²) in [6, 6.07) is 11.4. The minimum Gasteiger partial charge on any atom is -0.490 e. The number of carbonyl (C=O) groups excluding carboxylic acids is 1. The maximum Gasteiger partial charge on any atom is 0.283 e. The van der Waals surface area contributed by atoms with Crippen molar-refractivity contribution in [1.82, 2.24) is 5.01 Å². The van der Waals surface area contributed by atoms with Gasteiger partial charge in [-0.1, -0.05) is 51.4 Å². The van der Waals surface area contributed by atoms with Crippen LogP contribution >= 0.6 is 23.4 Å². The molecule has 10 heteroatoms. The van der Waals surface area contributed by atoms with Crippen molar-refractivity contribution in [2.45, 2.75) is 52.9 Å². The van der Waals surface area contributed by atoms with Crippen LogP contribution in [0.1, 0.15) is 58.6 Å². The van der Waals surface area contributed by atoms with E-state index in [2.05, 4.69) is 49.9 Å². The van der Waals surface area contributed by atoms with E-state index in [1.54, 1.807) is 18.2 Å². The molecule has 2 heterocycles. The van der Waals surface area contributed by atoms with Gasteiger partial charge in [-0.2, -0.15) is 15.1 Å². The van der Waals surface area contributed by atoms with Crippen molar-refractivity contribution in [3.63, 3.8) is 0 Å². The zero-order chi connectivity index (χ0) is 28.2. The molecule has 0 aliphatic carbocycles. The number of rotatable bonds is 10. The van der Waals surface area contributed by atoms with Crippen molar-refractivity contribution >= 4 is 51.4 Å². The zero-order valence-corrected chi connectivity index (χ0v) is 24.4. The fourth-order valence-corrected chi connectivity index (χ4v) is 5.20. The van der Waals surface area contributed by atoms with E-state index in [0.717, 1.165) is 23.6 Å². The Labute approximate surface area is 238 Å². The van der Waals surface area contributed by atoms with Crippen LogP contribution in [0.15, 0.2) is 52.1 Å². The highest BCUT2D eigenvalue weighted by Gasteiger charge is 2.35. The molecule has 0 unspecified atom stereocenters. The summed E-state index contributed by atoms with van der Waals surface area (Å²) in [4.78, 5) is 16.9.